The van der Waals surface area contributed by atoms with Gasteiger partial charge in [-0.15, -0.1) is 0 Å². The van der Waals surface area contributed by atoms with Gasteiger partial charge in [0.2, 0.25) is 0 Å². The second-order valence-corrected chi connectivity index (χ2v) is 4.95. The number of ether oxygens (including phenoxy) is 1. The smallest absolute Gasteiger partial charge is 0.122 e. The minimum Gasteiger partial charge on any atom is -0.496 e. The van der Waals surface area contributed by atoms with Crippen LogP contribution in [-0.2, 0) is 0 Å². The Kier molecular flexibility index (Phi) is 4.54. The Balaban J connectivity index is 3.25. The zero-order valence-electron chi connectivity index (χ0n) is 11.7. The lowest BCUT2D eigenvalue weighted by Crippen LogP contribution is -2.35. The zero-order valence-corrected chi connectivity index (χ0v) is 11.7. The lowest BCUT2D eigenvalue weighted by molar-refractivity contribution is 0.265. The Morgan fingerprint density at radius 3 is 2.18 bits per heavy atom. The molecule has 0 amide bonds. The summed E-state index contributed by atoms with van der Waals surface area (Å²) in [6, 6.07) is 4.60. The molecule has 0 aliphatic carbocycles. The van der Waals surface area contributed by atoms with E-state index in [4.69, 9.17) is 10.5 Å². The highest BCUT2D eigenvalue weighted by Gasteiger charge is 2.21. The summed E-state index contributed by atoms with van der Waals surface area (Å²) in [5.74, 6) is 0.938. The third-order valence-corrected chi connectivity index (χ3v) is 3.16. The van der Waals surface area contributed by atoms with E-state index in [1.165, 1.54) is 11.1 Å². The van der Waals surface area contributed by atoms with E-state index in [0.717, 1.165) is 11.3 Å². The van der Waals surface area contributed by atoms with Gasteiger partial charge >= 0.3 is 0 Å². The first-order chi connectivity index (χ1) is 7.88. The van der Waals surface area contributed by atoms with E-state index in [-0.39, 0.29) is 12.1 Å². The van der Waals surface area contributed by atoms with E-state index in [2.05, 4.69) is 45.0 Å². The quantitative estimate of drug-likeness (QED) is 0.871. The average molecular weight is 236 g/mol. The Bertz CT molecular complexity index is 378. The predicted molar refractivity (Wildman–Crippen MR) is 72.5 cm³/mol. The predicted octanol–water partition coefficient (Wildman–Crippen LogP) is 2.26. The summed E-state index contributed by atoms with van der Waals surface area (Å²) in [6.07, 6.45) is 0. The standard InChI is InChI=1S/C14H24N2O/c1-9-8-13(17-6)10(2)7-12(9)14(11(3)15)16(4)5/h7-8,11,14H,15H2,1-6H3. The van der Waals surface area contributed by atoms with Crippen LogP contribution in [0.5, 0.6) is 5.75 Å². The van der Waals surface area contributed by atoms with Gasteiger partial charge in [0.25, 0.3) is 0 Å². The molecule has 1 rings (SSSR count). The van der Waals surface area contributed by atoms with Crippen molar-refractivity contribution in [1.29, 1.82) is 0 Å². The van der Waals surface area contributed by atoms with Crippen molar-refractivity contribution in [2.75, 3.05) is 21.2 Å². The molecule has 0 aliphatic heterocycles. The Morgan fingerprint density at radius 1 is 1.18 bits per heavy atom. The molecule has 0 spiro atoms. The molecule has 1 aromatic carbocycles. The first-order valence-electron chi connectivity index (χ1n) is 5.95. The highest BCUT2D eigenvalue weighted by Crippen LogP contribution is 2.30. The van der Waals surface area contributed by atoms with Crippen molar-refractivity contribution in [2.24, 2.45) is 5.73 Å². The van der Waals surface area contributed by atoms with E-state index in [1.54, 1.807) is 7.11 Å². The van der Waals surface area contributed by atoms with Crippen molar-refractivity contribution in [3.05, 3.63) is 28.8 Å². The molecule has 0 radical (unpaired) electrons. The van der Waals surface area contributed by atoms with Crippen LogP contribution in [0, 0.1) is 13.8 Å². The fourth-order valence-corrected chi connectivity index (χ4v) is 2.38. The monoisotopic (exact) mass is 236 g/mol. The SMILES string of the molecule is COc1cc(C)c(C(C(C)N)N(C)C)cc1C. The maximum atomic E-state index is 6.09. The lowest BCUT2D eigenvalue weighted by Gasteiger charge is -2.30. The zero-order chi connectivity index (χ0) is 13.2. The fourth-order valence-electron chi connectivity index (χ4n) is 2.38. The van der Waals surface area contributed by atoms with Gasteiger partial charge in [0.1, 0.15) is 5.75 Å². The molecule has 0 aliphatic rings. The van der Waals surface area contributed by atoms with Crippen LogP contribution in [0.15, 0.2) is 12.1 Å². The first kappa shape index (κ1) is 14.0. The average Bonchev–Trinajstić information content (AvgIpc) is 2.21. The lowest BCUT2D eigenvalue weighted by atomic mass is 9.93. The number of nitrogens with zero attached hydrogens (tertiary/aromatic N) is 1. The van der Waals surface area contributed by atoms with E-state index < -0.39 is 0 Å². The molecule has 0 aromatic heterocycles. The second-order valence-electron chi connectivity index (χ2n) is 4.95. The van der Waals surface area contributed by atoms with Crippen molar-refractivity contribution in [2.45, 2.75) is 32.9 Å². The molecular weight excluding hydrogens is 212 g/mol. The molecule has 0 bridgehead atoms. The first-order valence-corrected chi connectivity index (χ1v) is 5.95. The van der Waals surface area contributed by atoms with Crippen molar-refractivity contribution < 1.29 is 4.74 Å². The van der Waals surface area contributed by atoms with Crippen LogP contribution < -0.4 is 10.5 Å². The molecule has 2 N–H and O–H groups in total. The van der Waals surface area contributed by atoms with Crippen molar-refractivity contribution in [3.63, 3.8) is 0 Å². The topological polar surface area (TPSA) is 38.5 Å². The molecule has 3 nitrogen and oxygen atoms in total. The summed E-state index contributed by atoms with van der Waals surface area (Å²) >= 11 is 0. The summed E-state index contributed by atoms with van der Waals surface area (Å²) in [5.41, 5.74) is 9.75. The molecule has 17 heavy (non-hydrogen) atoms. The van der Waals surface area contributed by atoms with Gasteiger partial charge in [0.05, 0.1) is 7.11 Å². The van der Waals surface area contributed by atoms with Gasteiger partial charge in [0.15, 0.2) is 0 Å². The number of rotatable bonds is 4. The van der Waals surface area contributed by atoms with E-state index in [0.29, 0.717) is 0 Å². The number of aryl methyl sites for hydroxylation is 2. The summed E-state index contributed by atoms with van der Waals surface area (Å²) in [5, 5.41) is 0. The van der Waals surface area contributed by atoms with Crippen LogP contribution >= 0.6 is 0 Å². The maximum Gasteiger partial charge on any atom is 0.122 e. The second kappa shape index (κ2) is 5.52. The maximum absolute atomic E-state index is 6.09. The molecule has 1 aromatic rings. The molecule has 0 heterocycles. The highest BCUT2D eigenvalue weighted by atomic mass is 16.5. The number of nitrogens with two attached hydrogens (primary N) is 1. The van der Waals surface area contributed by atoms with Gasteiger partial charge in [-0.3, -0.25) is 0 Å². The number of hydrogen-bond donors (Lipinski definition) is 1. The number of likely N-dealkylation sites (N-methyl/N-ethyl adjacent to an activating group) is 1. The van der Waals surface area contributed by atoms with Gasteiger partial charge in [-0.1, -0.05) is 6.07 Å². The van der Waals surface area contributed by atoms with Gasteiger partial charge in [-0.25, -0.2) is 0 Å². The molecule has 2 unspecified atom stereocenters. The molecular formula is C14H24N2O. The van der Waals surface area contributed by atoms with Gasteiger partial charge in [0, 0.05) is 12.1 Å². The van der Waals surface area contributed by atoms with Crippen LogP contribution in [0.25, 0.3) is 0 Å². The van der Waals surface area contributed by atoms with E-state index in [1.807, 2.05) is 6.92 Å². The minimum atomic E-state index is 0.0940. The van der Waals surface area contributed by atoms with Crippen LogP contribution in [0.2, 0.25) is 0 Å². The molecule has 3 heteroatoms. The number of benzene rings is 1. The van der Waals surface area contributed by atoms with Crippen LogP contribution in [-0.4, -0.2) is 32.1 Å². The summed E-state index contributed by atoms with van der Waals surface area (Å²) in [7, 11) is 5.83. The van der Waals surface area contributed by atoms with E-state index in [9.17, 15) is 0 Å². The third-order valence-electron chi connectivity index (χ3n) is 3.16. The Labute approximate surface area is 105 Å². The molecule has 96 valence electrons. The summed E-state index contributed by atoms with van der Waals surface area (Å²) < 4.78 is 5.34. The number of hydrogen-bond acceptors (Lipinski definition) is 3. The normalized spacial score (nSPS) is 14.8. The Morgan fingerprint density at radius 2 is 1.76 bits per heavy atom. The third kappa shape index (κ3) is 2.99. The minimum absolute atomic E-state index is 0.0940. The molecule has 0 saturated heterocycles. The highest BCUT2D eigenvalue weighted by molar-refractivity contribution is 5.43. The largest absolute Gasteiger partial charge is 0.496 e. The van der Waals surface area contributed by atoms with Gasteiger partial charge in [-0.2, -0.15) is 0 Å². The number of methoxy groups -OCH3 is 1. The van der Waals surface area contributed by atoms with Crippen LogP contribution in [0.1, 0.15) is 29.7 Å². The van der Waals surface area contributed by atoms with Crippen molar-refractivity contribution in [3.8, 4) is 5.75 Å². The molecule has 0 fully saturated rings. The Hall–Kier alpha value is -1.06. The van der Waals surface area contributed by atoms with Crippen LogP contribution in [0.4, 0.5) is 0 Å². The van der Waals surface area contributed by atoms with Crippen molar-refractivity contribution in [1.82, 2.24) is 4.90 Å². The van der Waals surface area contributed by atoms with E-state index >= 15 is 0 Å². The molecule has 2 atom stereocenters. The van der Waals surface area contributed by atoms with Crippen LogP contribution in [0.3, 0.4) is 0 Å². The fraction of sp³-hybridized carbons (Fsp3) is 0.571. The van der Waals surface area contributed by atoms with Crippen molar-refractivity contribution >= 4 is 0 Å². The van der Waals surface area contributed by atoms with Gasteiger partial charge < -0.3 is 15.4 Å². The summed E-state index contributed by atoms with van der Waals surface area (Å²) in [4.78, 5) is 2.17. The summed E-state index contributed by atoms with van der Waals surface area (Å²) in [6.45, 7) is 6.22. The molecule has 0 saturated carbocycles. The van der Waals surface area contributed by atoms with Gasteiger partial charge in [-0.05, 0) is 57.6 Å².